The number of nitrogens with zero attached hydrogens (tertiary/aromatic N) is 2. The van der Waals surface area contributed by atoms with E-state index in [4.69, 9.17) is 4.74 Å². The van der Waals surface area contributed by atoms with E-state index in [2.05, 4.69) is 35.9 Å². The van der Waals surface area contributed by atoms with Gasteiger partial charge in [-0.3, -0.25) is 4.98 Å². The van der Waals surface area contributed by atoms with Crippen molar-refractivity contribution in [3.05, 3.63) is 24.0 Å². The molecular weight excluding hydrogens is 240 g/mol. The molecule has 1 saturated heterocycles. The summed E-state index contributed by atoms with van der Waals surface area (Å²) < 4.78 is 5.13. The maximum absolute atomic E-state index is 10.5. The maximum atomic E-state index is 10.5. The van der Waals surface area contributed by atoms with Gasteiger partial charge in [0.1, 0.15) is 5.60 Å². The molecule has 0 saturated carbocycles. The van der Waals surface area contributed by atoms with E-state index in [0.29, 0.717) is 19.1 Å². The predicted molar refractivity (Wildman–Crippen MR) is 76.6 cm³/mol. The Morgan fingerprint density at radius 2 is 2.26 bits per heavy atom. The monoisotopic (exact) mass is 264 g/mol. The van der Waals surface area contributed by atoms with Crippen molar-refractivity contribution in [2.45, 2.75) is 38.2 Å². The van der Waals surface area contributed by atoms with Crippen molar-refractivity contribution in [3.63, 3.8) is 0 Å². The van der Waals surface area contributed by atoms with E-state index in [1.54, 1.807) is 7.11 Å². The average Bonchev–Trinajstić information content (AvgIpc) is 2.39. The van der Waals surface area contributed by atoms with Crippen LogP contribution in [0.1, 0.15) is 38.3 Å². The molecule has 0 aromatic carbocycles. The van der Waals surface area contributed by atoms with Crippen LogP contribution in [0.25, 0.3) is 0 Å². The molecule has 1 fully saturated rings. The first-order valence-electron chi connectivity index (χ1n) is 6.96. The molecule has 0 aliphatic carbocycles. The summed E-state index contributed by atoms with van der Waals surface area (Å²) in [6.45, 7) is 6.25. The van der Waals surface area contributed by atoms with Gasteiger partial charge in [-0.1, -0.05) is 13.8 Å². The second-order valence-electron chi connectivity index (χ2n) is 5.78. The maximum Gasteiger partial charge on any atom is 0.105 e. The molecule has 1 aromatic rings. The van der Waals surface area contributed by atoms with Crippen LogP contribution < -0.4 is 4.90 Å². The third-order valence-corrected chi connectivity index (χ3v) is 3.70. The van der Waals surface area contributed by atoms with Gasteiger partial charge in [-0.25, -0.2) is 0 Å². The summed E-state index contributed by atoms with van der Waals surface area (Å²) in [7, 11) is 1.63. The Labute approximate surface area is 115 Å². The molecule has 4 nitrogen and oxygen atoms in total. The molecule has 1 aromatic heterocycles. The lowest BCUT2D eigenvalue weighted by Crippen LogP contribution is -2.51. The second-order valence-corrected chi connectivity index (χ2v) is 5.78. The minimum absolute atomic E-state index is 0.390. The summed E-state index contributed by atoms with van der Waals surface area (Å²) in [5.41, 5.74) is 1.45. The van der Waals surface area contributed by atoms with Crippen LogP contribution in [0.3, 0.4) is 0 Å². The Bertz CT molecular complexity index is 401. The fourth-order valence-electron chi connectivity index (χ4n) is 2.65. The van der Waals surface area contributed by atoms with Crippen LogP contribution in [0, 0.1) is 0 Å². The van der Waals surface area contributed by atoms with Crippen LogP contribution in [-0.4, -0.2) is 42.5 Å². The first-order valence-corrected chi connectivity index (χ1v) is 6.96. The SMILES string of the molecule is COC[C@]1(O)CCCN(c2ccc(C(C)C)nc2)C1. The van der Waals surface area contributed by atoms with Crippen LogP contribution in [-0.2, 0) is 4.74 Å². The number of methoxy groups -OCH3 is 1. The van der Waals surface area contributed by atoms with Crippen molar-refractivity contribution in [3.8, 4) is 0 Å². The van der Waals surface area contributed by atoms with Crippen molar-refractivity contribution in [2.75, 3.05) is 31.7 Å². The molecule has 19 heavy (non-hydrogen) atoms. The molecule has 0 amide bonds. The number of pyridine rings is 1. The predicted octanol–water partition coefficient (Wildman–Crippen LogP) is 2.18. The van der Waals surface area contributed by atoms with E-state index in [1.165, 1.54) is 0 Å². The summed E-state index contributed by atoms with van der Waals surface area (Å²) in [6.07, 6.45) is 3.69. The third kappa shape index (κ3) is 3.45. The van der Waals surface area contributed by atoms with Gasteiger partial charge in [0.05, 0.1) is 18.5 Å². The van der Waals surface area contributed by atoms with E-state index in [9.17, 15) is 5.11 Å². The van der Waals surface area contributed by atoms with Gasteiger partial charge in [0.15, 0.2) is 0 Å². The molecule has 1 N–H and O–H groups in total. The lowest BCUT2D eigenvalue weighted by atomic mass is 9.93. The normalized spacial score (nSPS) is 23.9. The molecule has 1 aliphatic heterocycles. The third-order valence-electron chi connectivity index (χ3n) is 3.70. The topological polar surface area (TPSA) is 45.6 Å². The Balaban J connectivity index is 2.08. The molecule has 2 heterocycles. The Kier molecular flexibility index (Phi) is 4.42. The van der Waals surface area contributed by atoms with Gasteiger partial charge in [0.2, 0.25) is 0 Å². The van der Waals surface area contributed by atoms with Crippen LogP contribution in [0.2, 0.25) is 0 Å². The summed E-state index contributed by atoms with van der Waals surface area (Å²) in [5.74, 6) is 0.445. The number of aromatic nitrogens is 1. The molecule has 1 aliphatic rings. The van der Waals surface area contributed by atoms with Crippen LogP contribution in [0.5, 0.6) is 0 Å². The number of β-amino-alcohol motifs (C(OH)–C–C–N with tert-alkyl or cyclic N) is 1. The summed E-state index contributed by atoms with van der Waals surface area (Å²) >= 11 is 0. The van der Waals surface area contributed by atoms with E-state index >= 15 is 0 Å². The van der Waals surface area contributed by atoms with Gasteiger partial charge in [-0.15, -0.1) is 0 Å². The Morgan fingerprint density at radius 1 is 1.47 bits per heavy atom. The van der Waals surface area contributed by atoms with Gasteiger partial charge < -0.3 is 14.7 Å². The largest absolute Gasteiger partial charge is 0.386 e. The highest BCUT2D eigenvalue weighted by atomic mass is 16.5. The van der Waals surface area contributed by atoms with E-state index in [1.807, 2.05) is 6.20 Å². The first-order chi connectivity index (χ1) is 9.04. The number of rotatable bonds is 4. The summed E-state index contributed by atoms with van der Waals surface area (Å²) in [5, 5.41) is 10.5. The first kappa shape index (κ1) is 14.3. The van der Waals surface area contributed by atoms with Crippen molar-refractivity contribution in [2.24, 2.45) is 0 Å². The van der Waals surface area contributed by atoms with Crippen molar-refractivity contribution in [1.82, 2.24) is 4.98 Å². The van der Waals surface area contributed by atoms with Gasteiger partial charge in [0, 0.05) is 25.9 Å². The zero-order valence-corrected chi connectivity index (χ0v) is 12.1. The number of hydrogen-bond donors (Lipinski definition) is 1. The number of aliphatic hydroxyl groups is 1. The minimum Gasteiger partial charge on any atom is -0.386 e. The van der Waals surface area contributed by atoms with Crippen LogP contribution in [0.4, 0.5) is 5.69 Å². The van der Waals surface area contributed by atoms with Crippen LogP contribution >= 0.6 is 0 Å². The molecule has 1 atom stereocenters. The second kappa shape index (κ2) is 5.88. The molecule has 0 bridgehead atoms. The lowest BCUT2D eigenvalue weighted by molar-refractivity contribution is -0.0393. The quantitative estimate of drug-likeness (QED) is 0.905. The number of anilines is 1. The number of ether oxygens (including phenoxy) is 1. The van der Waals surface area contributed by atoms with Crippen molar-refractivity contribution < 1.29 is 9.84 Å². The molecule has 4 heteroatoms. The summed E-state index contributed by atoms with van der Waals surface area (Å²) in [4.78, 5) is 6.69. The number of piperidine rings is 1. The molecule has 106 valence electrons. The van der Waals surface area contributed by atoms with E-state index < -0.39 is 5.60 Å². The standard InChI is InChI=1S/C15H24N2O2/c1-12(2)14-6-5-13(9-16-14)17-8-4-7-15(18,10-17)11-19-3/h5-6,9,12,18H,4,7-8,10-11H2,1-3H3/t15-/m0/s1. The number of hydrogen-bond acceptors (Lipinski definition) is 4. The Hall–Kier alpha value is -1.13. The summed E-state index contributed by atoms with van der Waals surface area (Å²) in [6, 6.07) is 4.17. The highest BCUT2D eigenvalue weighted by Gasteiger charge is 2.33. The fraction of sp³-hybridized carbons (Fsp3) is 0.667. The lowest BCUT2D eigenvalue weighted by Gasteiger charge is -2.39. The van der Waals surface area contributed by atoms with E-state index in [-0.39, 0.29) is 0 Å². The molecular formula is C15H24N2O2. The minimum atomic E-state index is -0.732. The zero-order valence-electron chi connectivity index (χ0n) is 12.1. The smallest absolute Gasteiger partial charge is 0.105 e. The van der Waals surface area contributed by atoms with E-state index in [0.717, 1.165) is 30.8 Å². The molecule has 2 rings (SSSR count). The van der Waals surface area contributed by atoms with Gasteiger partial charge >= 0.3 is 0 Å². The average molecular weight is 264 g/mol. The highest BCUT2D eigenvalue weighted by Crippen LogP contribution is 2.26. The molecule has 0 unspecified atom stereocenters. The zero-order chi connectivity index (χ0) is 13.9. The van der Waals surface area contributed by atoms with Crippen LogP contribution in [0.15, 0.2) is 18.3 Å². The van der Waals surface area contributed by atoms with Gasteiger partial charge in [-0.2, -0.15) is 0 Å². The molecule has 0 radical (unpaired) electrons. The van der Waals surface area contributed by atoms with Crippen molar-refractivity contribution in [1.29, 1.82) is 0 Å². The van der Waals surface area contributed by atoms with Crippen molar-refractivity contribution >= 4 is 5.69 Å². The Morgan fingerprint density at radius 3 is 2.84 bits per heavy atom. The van der Waals surface area contributed by atoms with Gasteiger partial charge in [-0.05, 0) is 30.9 Å². The fourth-order valence-corrected chi connectivity index (χ4v) is 2.65. The molecule has 0 spiro atoms. The highest BCUT2D eigenvalue weighted by molar-refractivity contribution is 5.45. The van der Waals surface area contributed by atoms with Gasteiger partial charge in [0.25, 0.3) is 0 Å².